The molecule has 1 fully saturated rings. The van der Waals surface area contributed by atoms with Crippen LogP contribution in [0, 0.1) is 11.3 Å². The van der Waals surface area contributed by atoms with Crippen molar-refractivity contribution in [3.63, 3.8) is 0 Å². The molecule has 0 saturated carbocycles. The summed E-state index contributed by atoms with van der Waals surface area (Å²) in [5.74, 6) is -3.17. The quantitative estimate of drug-likeness (QED) is 0.556. The molecule has 37 heavy (non-hydrogen) atoms. The lowest BCUT2D eigenvalue weighted by Crippen LogP contribution is -2.53. The molecular weight excluding hydrogens is 489 g/mol. The average molecular weight is 517 g/mol. The fourth-order valence-electron chi connectivity index (χ4n) is 3.99. The molecule has 2 atom stereocenters. The first-order valence-electron chi connectivity index (χ1n) is 11.7. The van der Waals surface area contributed by atoms with E-state index < -0.39 is 30.1 Å². The van der Waals surface area contributed by atoms with E-state index in [1.54, 1.807) is 0 Å². The van der Waals surface area contributed by atoms with Gasteiger partial charge in [0.25, 0.3) is 0 Å². The normalized spacial score (nSPS) is 16.8. The minimum atomic E-state index is -5.17. The van der Waals surface area contributed by atoms with E-state index in [0.29, 0.717) is 19.4 Å². The third kappa shape index (κ3) is 8.05. The first kappa shape index (κ1) is 27.7. The van der Waals surface area contributed by atoms with Crippen molar-refractivity contribution in [2.45, 2.75) is 57.4 Å². The van der Waals surface area contributed by atoms with Crippen LogP contribution in [0.4, 0.5) is 13.2 Å². The van der Waals surface area contributed by atoms with Gasteiger partial charge >= 0.3 is 12.1 Å². The van der Waals surface area contributed by atoms with E-state index in [0.717, 1.165) is 27.3 Å². The molecule has 2 amide bonds. The number of hydrogen-bond donors (Lipinski definition) is 2. The number of halogens is 3. The largest absolute Gasteiger partial charge is 0.492 e. The van der Waals surface area contributed by atoms with Gasteiger partial charge in [-0.3, -0.25) is 9.59 Å². The lowest BCUT2D eigenvalue weighted by molar-refractivity contribution is -0.248. The van der Waals surface area contributed by atoms with Crippen LogP contribution in [-0.2, 0) is 32.2 Å². The maximum absolute atomic E-state index is 12.8. The van der Waals surface area contributed by atoms with Crippen molar-refractivity contribution in [1.29, 1.82) is 5.26 Å². The van der Waals surface area contributed by atoms with Crippen LogP contribution in [0.2, 0.25) is 0 Å². The lowest BCUT2D eigenvalue weighted by atomic mass is 9.99. The minimum absolute atomic E-state index is 0.00932. The van der Waals surface area contributed by atoms with Crippen molar-refractivity contribution in [3.8, 4) is 17.2 Å². The zero-order valence-corrected chi connectivity index (χ0v) is 20.2. The Kier molecular flexibility index (Phi) is 9.25. The van der Waals surface area contributed by atoms with Gasteiger partial charge in [0.05, 0.1) is 6.07 Å². The Morgan fingerprint density at radius 3 is 2.49 bits per heavy atom. The summed E-state index contributed by atoms with van der Waals surface area (Å²) in [4.78, 5) is 39.6. The molecule has 1 aliphatic rings. The lowest BCUT2D eigenvalue weighted by Gasteiger charge is -2.33. The Balaban J connectivity index is 1.62. The summed E-state index contributed by atoms with van der Waals surface area (Å²) in [6, 6.07) is 15.1. The molecule has 0 bridgehead atoms. The first-order valence-corrected chi connectivity index (χ1v) is 11.7. The number of carbonyl (C=O) groups is 3. The van der Waals surface area contributed by atoms with Gasteiger partial charge in [-0.05, 0) is 47.6 Å². The summed E-state index contributed by atoms with van der Waals surface area (Å²) < 4.78 is 37.8. The van der Waals surface area contributed by atoms with Crippen molar-refractivity contribution >= 4 is 17.8 Å². The standard InChI is InChI=1S/C26H27F3N4O4/c1-17(34)31-16-19-5-4-6-21(13-19)20-10-8-18(9-11-20)14-22(15-30)32-24(35)23-7-2-3-12-33(23)37-25(36)26(27,28)29/h4-6,8-11,13,22-23H,2-3,7,12,14,16H2,1H3,(H,31,34)(H,32,35)/t22-,23-/m0/s1. The van der Waals surface area contributed by atoms with Gasteiger partial charge in [0, 0.05) is 26.4 Å². The SMILES string of the molecule is CC(=O)NCc1cccc(-c2ccc(C[C@@H](C#N)NC(=O)[C@@H]3CCCCN3OC(=O)C(F)(F)F)cc2)c1. The summed E-state index contributed by atoms with van der Waals surface area (Å²) in [7, 11) is 0. The molecule has 2 N–H and O–H groups in total. The Hall–Kier alpha value is -3.91. The number of amides is 2. The van der Waals surface area contributed by atoms with Crippen molar-refractivity contribution in [2.24, 2.45) is 0 Å². The second-order valence-corrected chi connectivity index (χ2v) is 8.73. The highest BCUT2D eigenvalue weighted by atomic mass is 19.4. The number of carbonyl (C=O) groups excluding carboxylic acids is 3. The molecule has 0 spiro atoms. The highest BCUT2D eigenvalue weighted by Gasteiger charge is 2.44. The monoisotopic (exact) mass is 516 g/mol. The van der Waals surface area contributed by atoms with Gasteiger partial charge < -0.3 is 15.5 Å². The highest BCUT2D eigenvalue weighted by Crippen LogP contribution is 2.24. The number of rotatable bonds is 8. The minimum Gasteiger partial charge on any atom is -0.360 e. The highest BCUT2D eigenvalue weighted by molar-refractivity contribution is 5.83. The van der Waals surface area contributed by atoms with E-state index >= 15 is 0 Å². The molecular formula is C26H27F3N4O4. The molecule has 0 radical (unpaired) electrons. The molecule has 1 heterocycles. The molecule has 0 aliphatic carbocycles. The van der Waals surface area contributed by atoms with Crippen molar-refractivity contribution in [2.75, 3.05) is 6.54 Å². The number of hydroxylamine groups is 2. The molecule has 1 aliphatic heterocycles. The van der Waals surface area contributed by atoms with Crippen LogP contribution in [0.3, 0.4) is 0 Å². The van der Waals surface area contributed by atoms with Crippen LogP contribution >= 0.6 is 0 Å². The average Bonchev–Trinajstić information content (AvgIpc) is 2.87. The maximum Gasteiger partial charge on any atom is 0.492 e. The van der Waals surface area contributed by atoms with E-state index in [2.05, 4.69) is 15.5 Å². The predicted octanol–water partition coefficient (Wildman–Crippen LogP) is 3.42. The zero-order valence-electron chi connectivity index (χ0n) is 20.2. The molecule has 11 heteroatoms. The number of nitrogens with one attached hydrogen (secondary N) is 2. The van der Waals surface area contributed by atoms with Crippen LogP contribution in [0.15, 0.2) is 48.5 Å². The molecule has 1 saturated heterocycles. The van der Waals surface area contributed by atoms with Crippen molar-refractivity contribution in [3.05, 3.63) is 59.7 Å². The number of benzene rings is 2. The van der Waals surface area contributed by atoms with Gasteiger partial charge in [-0.15, -0.1) is 5.06 Å². The third-order valence-electron chi connectivity index (χ3n) is 5.86. The van der Waals surface area contributed by atoms with Gasteiger partial charge in [0.1, 0.15) is 12.1 Å². The number of nitrogens with zero attached hydrogens (tertiary/aromatic N) is 2. The Bertz CT molecular complexity index is 1160. The second-order valence-electron chi connectivity index (χ2n) is 8.73. The first-order chi connectivity index (χ1) is 17.6. The summed E-state index contributed by atoms with van der Waals surface area (Å²) in [5.41, 5.74) is 3.59. The molecule has 3 rings (SSSR count). The van der Waals surface area contributed by atoms with Gasteiger partial charge in [0.2, 0.25) is 11.8 Å². The van der Waals surface area contributed by atoms with Crippen molar-refractivity contribution < 1.29 is 32.4 Å². The van der Waals surface area contributed by atoms with Gasteiger partial charge in [-0.1, -0.05) is 42.5 Å². The van der Waals surface area contributed by atoms with Gasteiger partial charge in [0.15, 0.2) is 0 Å². The van der Waals surface area contributed by atoms with Crippen LogP contribution in [0.25, 0.3) is 11.1 Å². The van der Waals surface area contributed by atoms with Crippen LogP contribution in [-0.4, -0.2) is 47.7 Å². The summed E-state index contributed by atoms with van der Waals surface area (Å²) in [6.07, 6.45) is -3.75. The van der Waals surface area contributed by atoms with Gasteiger partial charge in [-0.2, -0.15) is 18.4 Å². The van der Waals surface area contributed by atoms with Crippen LogP contribution in [0.5, 0.6) is 0 Å². The summed E-state index contributed by atoms with van der Waals surface area (Å²) in [5, 5.41) is 15.6. The number of hydrogen-bond acceptors (Lipinski definition) is 6. The molecule has 2 aromatic carbocycles. The molecule has 0 aromatic heterocycles. The Morgan fingerprint density at radius 1 is 1.11 bits per heavy atom. The second kappa shape index (κ2) is 12.4. The number of alkyl halides is 3. The van der Waals surface area contributed by atoms with Crippen LogP contribution in [0.1, 0.15) is 37.3 Å². The fraction of sp³-hybridized carbons (Fsp3) is 0.385. The molecule has 0 unspecified atom stereocenters. The number of nitriles is 1. The topological polar surface area (TPSA) is 112 Å². The zero-order chi connectivity index (χ0) is 27.0. The van der Waals surface area contributed by atoms with E-state index in [1.165, 1.54) is 6.92 Å². The summed E-state index contributed by atoms with van der Waals surface area (Å²) in [6.45, 7) is 1.86. The van der Waals surface area contributed by atoms with Crippen molar-refractivity contribution in [1.82, 2.24) is 15.7 Å². The number of piperidine rings is 1. The van der Waals surface area contributed by atoms with Crippen LogP contribution < -0.4 is 10.6 Å². The van der Waals surface area contributed by atoms with E-state index in [1.807, 2.05) is 54.6 Å². The molecule has 2 aromatic rings. The Labute approximate surface area is 212 Å². The smallest absolute Gasteiger partial charge is 0.360 e. The summed E-state index contributed by atoms with van der Waals surface area (Å²) >= 11 is 0. The predicted molar refractivity (Wildman–Crippen MR) is 127 cm³/mol. The van der Waals surface area contributed by atoms with Gasteiger partial charge in [-0.25, -0.2) is 4.79 Å². The van der Waals surface area contributed by atoms with E-state index in [-0.39, 0.29) is 25.3 Å². The molecule has 196 valence electrons. The molecule has 8 nitrogen and oxygen atoms in total. The maximum atomic E-state index is 12.8. The van der Waals surface area contributed by atoms with E-state index in [9.17, 15) is 32.8 Å². The fourth-order valence-corrected chi connectivity index (χ4v) is 3.99. The van der Waals surface area contributed by atoms with E-state index in [4.69, 9.17) is 0 Å². The third-order valence-corrected chi connectivity index (χ3v) is 5.86. The Morgan fingerprint density at radius 2 is 1.84 bits per heavy atom.